The van der Waals surface area contributed by atoms with E-state index in [0.29, 0.717) is 22.9 Å². The zero-order valence-corrected chi connectivity index (χ0v) is 17.9. The van der Waals surface area contributed by atoms with E-state index in [0.717, 1.165) is 6.42 Å². The molecular formula is C21H26N2O5S. The third-order valence-electron chi connectivity index (χ3n) is 4.05. The minimum Gasteiger partial charge on any atom is -0.462 e. The van der Waals surface area contributed by atoms with Gasteiger partial charge in [0.25, 0.3) is 0 Å². The number of benzene rings is 1. The van der Waals surface area contributed by atoms with E-state index in [2.05, 4.69) is 5.32 Å². The summed E-state index contributed by atoms with van der Waals surface area (Å²) < 4.78 is 5.06. The number of hydrogen-bond donors (Lipinski definition) is 1. The Balaban J connectivity index is 2.00. The van der Waals surface area contributed by atoms with Gasteiger partial charge in [0.05, 0.1) is 23.0 Å². The fraction of sp³-hybridized carbons (Fsp3) is 0.429. The number of ketones is 1. The molecule has 0 spiro atoms. The summed E-state index contributed by atoms with van der Waals surface area (Å²) in [5.74, 6) is -0.928. The van der Waals surface area contributed by atoms with E-state index in [1.54, 1.807) is 45.0 Å². The Bertz CT molecular complexity index is 824. The van der Waals surface area contributed by atoms with E-state index in [1.807, 2.05) is 6.92 Å². The summed E-state index contributed by atoms with van der Waals surface area (Å²) in [5.41, 5.74) is 0.332. The molecule has 1 aliphatic heterocycles. The first kappa shape index (κ1) is 22.7. The Labute approximate surface area is 174 Å². The van der Waals surface area contributed by atoms with Gasteiger partial charge in [-0.1, -0.05) is 39.5 Å². The number of rotatable bonds is 7. The lowest BCUT2D eigenvalue weighted by atomic mass is 9.91. The fourth-order valence-corrected chi connectivity index (χ4v) is 3.28. The number of carbonyl (C=O) groups is 4. The van der Waals surface area contributed by atoms with Crippen molar-refractivity contribution < 1.29 is 23.9 Å². The highest BCUT2D eigenvalue weighted by molar-refractivity contribution is 8.04. The molecule has 1 aliphatic rings. The molecule has 0 saturated carbocycles. The summed E-state index contributed by atoms with van der Waals surface area (Å²) in [6, 6.07) is 6.33. The van der Waals surface area contributed by atoms with Gasteiger partial charge in [-0.3, -0.25) is 19.3 Å². The molecule has 1 saturated heterocycles. The maximum Gasteiger partial charge on any atom is 0.338 e. The van der Waals surface area contributed by atoms with Crippen molar-refractivity contribution in [3.8, 4) is 0 Å². The van der Waals surface area contributed by atoms with E-state index in [-0.39, 0.29) is 24.0 Å². The second-order valence-electron chi connectivity index (χ2n) is 7.63. The van der Waals surface area contributed by atoms with Crippen molar-refractivity contribution in [2.24, 2.45) is 5.41 Å². The van der Waals surface area contributed by atoms with E-state index < -0.39 is 17.3 Å². The number of esters is 1. The molecule has 0 atom stereocenters. The van der Waals surface area contributed by atoms with Crippen LogP contribution in [-0.4, -0.2) is 47.4 Å². The van der Waals surface area contributed by atoms with Gasteiger partial charge in [0.1, 0.15) is 6.54 Å². The largest absolute Gasteiger partial charge is 0.462 e. The van der Waals surface area contributed by atoms with E-state index >= 15 is 0 Å². The lowest BCUT2D eigenvalue weighted by molar-refractivity contribution is -0.129. The minimum atomic E-state index is -0.562. The van der Waals surface area contributed by atoms with Crippen molar-refractivity contribution in [3.63, 3.8) is 0 Å². The number of nitrogens with zero attached hydrogens (tertiary/aromatic N) is 1. The molecule has 1 fully saturated rings. The van der Waals surface area contributed by atoms with Crippen molar-refractivity contribution in [3.05, 3.63) is 40.9 Å². The van der Waals surface area contributed by atoms with Crippen molar-refractivity contribution in [2.45, 2.75) is 34.1 Å². The van der Waals surface area contributed by atoms with Gasteiger partial charge in [0.2, 0.25) is 11.8 Å². The van der Waals surface area contributed by atoms with Gasteiger partial charge < -0.3 is 10.1 Å². The Morgan fingerprint density at radius 2 is 1.86 bits per heavy atom. The van der Waals surface area contributed by atoms with Crippen molar-refractivity contribution in [2.75, 3.05) is 24.2 Å². The second kappa shape index (κ2) is 9.73. The van der Waals surface area contributed by atoms with Crippen molar-refractivity contribution in [1.82, 2.24) is 4.90 Å². The van der Waals surface area contributed by atoms with Crippen LogP contribution < -0.4 is 5.32 Å². The molecule has 0 radical (unpaired) electrons. The number of thioether (sulfide) groups is 1. The van der Waals surface area contributed by atoms with Gasteiger partial charge in [-0.15, -0.1) is 0 Å². The fourth-order valence-electron chi connectivity index (χ4n) is 2.34. The highest BCUT2D eigenvalue weighted by Gasteiger charge is 2.30. The number of hydrogen-bond acceptors (Lipinski definition) is 6. The molecule has 1 N–H and O–H groups in total. The lowest BCUT2D eigenvalue weighted by Crippen LogP contribution is -2.34. The molecule has 0 unspecified atom stereocenters. The zero-order chi connectivity index (χ0) is 21.6. The summed E-state index contributed by atoms with van der Waals surface area (Å²) >= 11 is 1.25. The van der Waals surface area contributed by atoms with E-state index in [1.165, 1.54) is 22.7 Å². The predicted molar refractivity (Wildman–Crippen MR) is 112 cm³/mol. The first-order valence-electron chi connectivity index (χ1n) is 9.38. The van der Waals surface area contributed by atoms with Crippen LogP contribution in [0.2, 0.25) is 0 Å². The van der Waals surface area contributed by atoms with Gasteiger partial charge >= 0.3 is 5.97 Å². The van der Waals surface area contributed by atoms with Crippen LogP contribution in [0.15, 0.2) is 35.4 Å². The molecule has 8 heteroatoms. The number of allylic oxidation sites excluding steroid dienone is 1. The third-order valence-corrected chi connectivity index (χ3v) is 5.07. The van der Waals surface area contributed by atoms with Crippen LogP contribution in [-0.2, 0) is 19.1 Å². The molecule has 0 bridgehead atoms. The predicted octanol–water partition coefficient (Wildman–Crippen LogP) is 3.22. The zero-order valence-electron chi connectivity index (χ0n) is 17.1. The van der Waals surface area contributed by atoms with Crippen LogP contribution in [0.4, 0.5) is 5.69 Å². The average Bonchev–Trinajstić information content (AvgIpc) is 2.99. The number of carbonyl (C=O) groups excluding carboxylic acids is 4. The number of nitrogens with one attached hydrogen (secondary N) is 1. The van der Waals surface area contributed by atoms with Crippen LogP contribution in [0, 0.1) is 5.41 Å². The SMILES string of the molecule is CCCOC(=O)c1ccc(NC(=O)CN2C(=O)CS/C2=C\C(=O)C(C)(C)C)cc1. The van der Waals surface area contributed by atoms with E-state index in [4.69, 9.17) is 4.74 Å². The number of ether oxygens (including phenoxy) is 1. The smallest absolute Gasteiger partial charge is 0.338 e. The standard InChI is InChI=1S/C21H26N2O5S/c1-5-10-28-20(27)14-6-8-15(9-7-14)22-17(25)12-23-18(26)13-29-19(23)11-16(24)21(2,3)4/h6-9,11H,5,10,12-13H2,1-4H3,(H,22,25)/b19-11-. The maximum atomic E-state index is 12.4. The normalized spacial score (nSPS) is 15.5. The molecule has 1 heterocycles. The van der Waals surface area contributed by atoms with Gasteiger partial charge in [-0.25, -0.2) is 4.79 Å². The minimum absolute atomic E-state index is 0.106. The Morgan fingerprint density at radius 1 is 1.21 bits per heavy atom. The average molecular weight is 419 g/mol. The first-order chi connectivity index (χ1) is 13.6. The molecule has 2 rings (SSSR count). The summed E-state index contributed by atoms with van der Waals surface area (Å²) in [7, 11) is 0. The molecule has 2 amide bonds. The molecule has 1 aromatic rings. The Kier molecular flexibility index (Phi) is 7.61. The molecule has 29 heavy (non-hydrogen) atoms. The maximum absolute atomic E-state index is 12.4. The molecule has 156 valence electrons. The summed E-state index contributed by atoms with van der Waals surface area (Å²) in [6.45, 7) is 7.48. The van der Waals surface area contributed by atoms with E-state index in [9.17, 15) is 19.2 Å². The van der Waals surface area contributed by atoms with Crippen molar-refractivity contribution in [1.29, 1.82) is 0 Å². The van der Waals surface area contributed by atoms with Crippen LogP contribution in [0.5, 0.6) is 0 Å². The summed E-state index contributed by atoms with van der Waals surface area (Å²) in [6.07, 6.45) is 2.17. The topological polar surface area (TPSA) is 92.8 Å². The lowest BCUT2D eigenvalue weighted by Gasteiger charge is -2.19. The third kappa shape index (κ3) is 6.45. The Morgan fingerprint density at radius 3 is 2.45 bits per heavy atom. The van der Waals surface area contributed by atoms with Crippen LogP contribution in [0.1, 0.15) is 44.5 Å². The van der Waals surface area contributed by atoms with Crippen molar-refractivity contribution >= 4 is 41.0 Å². The second-order valence-corrected chi connectivity index (χ2v) is 8.62. The number of anilines is 1. The number of amides is 2. The monoisotopic (exact) mass is 418 g/mol. The van der Waals surface area contributed by atoms with Gasteiger partial charge in [-0.05, 0) is 30.7 Å². The summed E-state index contributed by atoms with van der Waals surface area (Å²) in [5, 5.41) is 3.18. The van der Waals surface area contributed by atoms with Crippen LogP contribution in [0.3, 0.4) is 0 Å². The van der Waals surface area contributed by atoms with Gasteiger partial charge in [0, 0.05) is 17.2 Å². The van der Waals surface area contributed by atoms with Crippen LogP contribution >= 0.6 is 11.8 Å². The molecule has 7 nitrogen and oxygen atoms in total. The Hall–Kier alpha value is -2.61. The highest BCUT2D eigenvalue weighted by atomic mass is 32.2. The first-order valence-corrected chi connectivity index (χ1v) is 10.4. The molecule has 1 aromatic carbocycles. The highest BCUT2D eigenvalue weighted by Crippen LogP contribution is 2.30. The molecule has 0 aromatic heterocycles. The quantitative estimate of drug-likeness (QED) is 0.540. The molecular weight excluding hydrogens is 392 g/mol. The van der Waals surface area contributed by atoms with Gasteiger partial charge in [-0.2, -0.15) is 0 Å². The van der Waals surface area contributed by atoms with Gasteiger partial charge in [0.15, 0.2) is 5.78 Å². The van der Waals surface area contributed by atoms with Crippen LogP contribution in [0.25, 0.3) is 0 Å². The molecule has 0 aliphatic carbocycles. The summed E-state index contributed by atoms with van der Waals surface area (Å²) in [4.78, 5) is 49.9.